The molecule has 0 aromatic heterocycles. The van der Waals surface area contributed by atoms with Crippen molar-refractivity contribution >= 4 is 28.9 Å². The molecule has 0 aliphatic heterocycles. The molecular formula is C8H6F3IO2. The van der Waals surface area contributed by atoms with E-state index in [-0.39, 0.29) is 9.68 Å². The predicted octanol–water partition coefficient (Wildman–Crippen LogP) is 2.60. The van der Waals surface area contributed by atoms with E-state index in [4.69, 9.17) is 0 Å². The summed E-state index contributed by atoms with van der Waals surface area (Å²) in [7, 11) is 0. The Labute approximate surface area is 91.9 Å². The lowest BCUT2D eigenvalue weighted by atomic mass is 10.0. The van der Waals surface area contributed by atoms with Gasteiger partial charge < -0.3 is 9.53 Å². The number of allylic oxidation sites excluding steroid dienone is 4. The fraction of sp³-hybridized carbons (Fsp3) is 0.375. The number of carbonyl (C=O) groups excluding carboxylic acids is 1. The maximum absolute atomic E-state index is 11.9. The van der Waals surface area contributed by atoms with Gasteiger partial charge in [-0.3, -0.25) is 0 Å². The van der Waals surface area contributed by atoms with Crippen molar-refractivity contribution in [1.82, 2.24) is 0 Å². The van der Waals surface area contributed by atoms with E-state index in [0.29, 0.717) is 6.29 Å². The first-order valence-corrected chi connectivity index (χ1v) is 4.92. The Kier molecular flexibility index (Phi) is 3.57. The van der Waals surface area contributed by atoms with Gasteiger partial charge in [-0.05, 0) is 6.08 Å². The number of aldehydes is 1. The zero-order valence-electron chi connectivity index (χ0n) is 6.79. The minimum absolute atomic E-state index is 0.299. The highest BCUT2D eigenvalue weighted by molar-refractivity contribution is 14.1. The highest BCUT2D eigenvalue weighted by Gasteiger charge is 2.36. The number of rotatable bonds is 2. The van der Waals surface area contributed by atoms with Crippen LogP contribution >= 0.6 is 22.6 Å². The zero-order valence-corrected chi connectivity index (χ0v) is 8.95. The minimum atomic E-state index is -4.74. The molecule has 0 saturated carbocycles. The molecule has 0 aromatic carbocycles. The summed E-state index contributed by atoms with van der Waals surface area (Å²) in [5.41, 5.74) is 0. The molecule has 2 unspecified atom stereocenters. The van der Waals surface area contributed by atoms with Crippen molar-refractivity contribution in [3.8, 4) is 0 Å². The Bertz CT molecular complexity index is 283. The number of hydrogen-bond acceptors (Lipinski definition) is 2. The number of alkyl halides is 4. The van der Waals surface area contributed by atoms with Gasteiger partial charge in [0.1, 0.15) is 12.0 Å². The fourth-order valence-electron chi connectivity index (χ4n) is 1.02. The minimum Gasteiger partial charge on any atom is -0.410 e. The lowest BCUT2D eigenvalue weighted by molar-refractivity contribution is -0.307. The topological polar surface area (TPSA) is 26.3 Å². The monoisotopic (exact) mass is 318 g/mol. The molecule has 0 N–H and O–H groups in total. The van der Waals surface area contributed by atoms with Crippen molar-refractivity contribution in [3.05, 3.63) is 24.0 Å². The number of halogens is 4. The molecule has 0 aromatic rings. The van der Waals surface area contributed by atoms with Crippen LogP contribution in [0.4, 0.5) is 13.2 Å². The molecule has 1 aliphatic rings. The molecule has 0 heterocycles. The summed E-state index contributed by atoms with van der Waals surface area (Å²) in [6, 6.07) is 0. The van der Waals surface area contributed by atoms with Crippen LogP contribution in [0.15, 0.2) is 24.0 Å². The van der Waals surface area contributed by atoms with Crippen LogP contribution in [-0.2, 0) is 9.53 Å². The molecule has 0 amide bonds. The van der Waals surface area contributed by atoms with Crippen LogP contribution in [0.3, 0.4) is 0 Å². The third kappa shape index (κ3) is 3.00. The summed E-state index contributed by atoms with van der Waals surface area (Å²) in [6.07, 6.45) is -0.0461. The van der Waals surface area contributed by atoms with E-state index in [1.807, 2.05) is 22.6 Å². The highest BCUT2D eigenvalue weighted by atomic mass is 127. The Morgan fingerprint density at radius 3 is 2.64 bits per heavy atom. The second-order valence-electron chi connectivity index (χ2n) is 2.61. The van der Waals surface area contributed by atoms with Gasteiger partial charge in [-0.15, -0.1) is 13.2 Å². The molecule has 0 bridgehead atoms. The van der Waals surface area contributed by atoms with Crippen LogP contribution < -0.4 is 0 Å². The standard InChI is InChI=1S/C8H6F3IO2/c9-8(10,11)14-7-3-1-2-6(12)5(7)4-13/h1-6H. The van der Waals surface area contributed by atoms with Gasteiger partial charge in [-0.25, -0.2) is 0 Å². The Balaban J connectivity index is 2.80. The van der Waals surface area contributed by atoms with E-state index in [1.165, 1.54) is 6.08 Å². The van der Waals surface area contributed by atoms with Crippen LogP contribution in [0.25, 0.3) is 0 Å². The van der Waals surface area contributed by atoms with Gasteiger partial charge in [0.2, 0.25) is 0 Å². The first-order chi connectivity index (χ1) is 6.44. The van der Waals surface area contributed by atoms with Gasteiger partial charge in [0, 0.05) is 3.92 Å². The molecule has 1 aliphatic carbocycles. The summed E-state index contributed by atoms with van der Waals surface area (Å²) >= 11 is 1.88. The SMILES string of the molecule is O=CC1C(OC(F)(F)F)=CC=CC1I. The van der Waals surface area contributed by atoms with Gasteiger partial charge in [0.05, 0.1) is 5.92 Å². The maximum Gasteiger partial charge on any atom is 0.572 e. The first kappa shape index (κ1) is 11.5. The molecule has 2 atom stereocenters. The van der Waals surface area contributed by atoms with E-state index >= 15 is 0 Å². The van der Waals surface area contributed by atoms with Crippen molar-refractivity contribution in [1.29, 1.82) is 0 Å². The molecule has 0 fully saturated rings. The van der Waals surface area contributed by atoms with Crippen LogP contribution in [0.2, 0.25) is 0 Å². The second-order valence-corrected chi connectivity index (χ2v) is 4.05. The lowest BCUT2D eigenvalue weighted by Crippen LogP contribution is -2.25. The number of ether oxygens (including phenoxy) is 1. The van der Waals surface area contributed by atoms with Crippen LogP contribution in [-0.4, -0.2) is 16.6 Å². The molecule has 0 radical (unpaired) electrons. The normalized spacial score (nSPS) is 27.0. The summed E-state index contributed by atoms with van der Waals surface area (Å²) in [5.74, 6) is -1.21. The van der Waals surface area contributed by atoms with Crippen molar-refractivity contribution in [3.63, 3.8) is 0 Å². The first-order valence-electron chi connectivity index (χ1n) is 3.67. The lowest BCUT2D eigenvalue weighted by Gasteiger charge is -2.21. The molecular weight excluding hydrogens is 312 g/mol. The van der Waals surface area contributed by atoms with Gasteiger partial charge in [0.25, 0.3) is 0 Å². The van der Waals surface area contributed by atoms with Gasteiger partial charge in [-0.2, -0.15) is 0 Å². The molecule has 2 nitrogen and oxygen atoms in total. The summed E-state index contributed by atoms with van der Waals surface area (Å²) < 4.78 is 39.0. The van der Waals surface area contributed by atoms with Gasteiger partial charge >= 0.3 is 6.36 Å². The molecule has 1 rings (SSSR count). The second kappa shape index (κ2) is 4.33. The molecule has 0 spiro atoms. The Morgan fingerprint density at radius 1 is 1.50 bits per heavy atom. The number of hydrogen-bond donors (Lipinski definition) is 0. The van der Waals surface area contributed by atoms with E-state index in [1.54, 1.807) is 6.08 Å². The van der Waals surface area contributed by atoms with Crippen LogP contribution in [0.1, 0.15) is 0 Å². The van der Waals surface area contributed by atoms with Crippen molar-refractivity contribution in [2.24, 2.45) is 5.92 Å². The molecule has 6 heteroatoms. The predicted molar refractivity (Wildman–Crippen MR) is 51.7 cm³/mol. The van der Waals surface area contributed by atoms with Crippen molar-refractivity contribution in [2.75, 3.05) is 0 Å². The van der Waals surface area contributed by atoms with E-state index in [2.05, 4.69) is 4.74 Å². The van der Waals surface area contributed by atoms with E-state index < -0.39 is 12.3 Å². The molecule has 0 saturated heterocycles. The fourth-order valence-corrected chi connectivity index (χ4v) is 1.79. The largest absolute Gasteiger partial charge is 0.572 e. The number of carbonyl (C=O) groups is 1. The van der Waals surface area contributed by atoms with Crippen molar-refractivity contribution < 1.29 is 22.7 Å². The Hall–Kier alpha value is -0.530. The van der Waals surface area contributed by atoms with Crippen LogP contribution in [0.5, 0.6) is 0 Å². The zero-order chi connectivity index (χ0) is 10.8. The smallest absolute Gasteiger partial charge is 0.410 e. The molecule has 14 heavy (non-hydrogen) atoms. The molecule has 78 valence electrons. The third-order valence-electron chi connectivity index (χ3n) is 1.61. The maximum atomic E-state index is 11.9. The third-order valence-corrected chi connectivity index (χ3v) is 2.80. The quantitative estimate of drug-likeness (QED) is 0.444. The van der Waals surface area contributed by atoms with E-state index in [0.717, 1.165) is 6.08 Å². The summed E-state index contributed by atoms with van der Waals surface area (Å²) in [6.45, 7) is 0. The average Bonchev–Trinajstić information content (AvgIpc) is 2.01. The Morgan fingerprint density at radius 2 is 2.14 bits per heavy atom. The van der Waals surface area contributed by atoms with Gasteiger partial charge in [0.15, 0.2) is 0 Å². The average molecular weight is 318 g/mol. The summed E-state index contributed by atoms with van der Waals surface area (Å²) in [4.78, 5) is 10.5. The summed E-state index contributed by atoms with van der Waals surface area (Å²) in [5, 5.41) is 0. The highest BCUT2D eigenvalue weighted by Crippen LogP contribution is 2.31. The van der Waals surface area contributed by atoms with E-state index in [9.17, 15) is 18.0 Å². The van der Waals surface area contributed by atoms with Gasteiger partial charge in [-0.1, -0.05) is 34.7 Å². The van der Waals surface area contributed by atoms with Crippen LogP contribution in [0, 0.1) is 5.92 Å². The van der Waals surface area contributed by atoms with Crippen molar-refractivity contribution in [2.45, 2.75) is 10.3 Å².